The third-order valence-corrected chi connectivity index (χ3v) is 4.97. The van der Waals surface area contributed by atoms with Gasteiger partial charge in [-0.2, -0.15) is 0 Å². The first-order chi connectivity index (χ1) is 10.1. The van der Waals surface area contributed by atoms with Crippen molar-refractivity contribution in [3.8, 4) is 0 Å². The van der Waals surface area contributed by atoms with E-state index in [4.69, 9.17) is 0 Å². The summed E-state index contributed by atoms with van der Waals surface area (Å²) in [5.74, 6) is 0.263. The first-order valence-electron chi connectivity index (χ1n) is 8.04. The number of nitrogens with one attached hydrogen (secondary N) is 3. The summed E-state index contributed by atoms with van der Waals surface area (Å²) >= 11 is 0. The van der Waals surface area contributed by atoms with Gasteiger partial charge in [-0.1, -0.05) is 6.92 Å². The Labute approximate surface area is 127 Å². The largest absolute Gasteiger partial charge is 0.358 e. The lowest BCUT2D eigenvalue weighted by Crippen LogP contribution is -2.51. The molecule has 0 aromatic carbocycles. The predicted octanol–water partition coefficient (Wildman–Crippen LogP) is -0.297. The Bertz CT molecular complexity index is 372. The molecule has 2 rings (SSSR count). The Kier molecular flexibility index (Phi) is 5.58. The molecule has 0 radical (unpaired) electrons. The van der Waals surface area contributed by atoms with Gasteiger partial charge < -0.3 is 16.0 Å². The summed E-state index contributed by atoms with van der Waals surface area (Å²) in [6, 6.07) is 0.252. The monoisotopic (exact) mass is 296 g/mol. The normalized spacial score (nSPS) is 27.5. The van der Waals surface area contributed by atoms with Gasteiger partial charge in [0.25, 0.3) is 0 Å². The van der Waals surface area contributed by atoms with Crippen LogP contribution in [-0.4, -0.2) is 62.5 Å². The maximum Gasteiger partial charge on any atom is 0.233 e. The predicted molar refractivity (Wildman–Crippen MR) is 81.9 cm³/mol. The maximum atomic E-state index is 12.5. The molecule has 0 saturated carbocycles. The summed E-state index contributed by atoms with van der Waals surface area (Å²) in [7, 11) is 1.66. The molecule has 1 unspecified atom stereocenters. The van der Waals surface area contributed by atoms with Gasteiger partial charge in [0.05, 0.1) is 12.0 Å². The fourth-order valence-electron chi connectivity index (χ4n) is 3.26. The molecule has 2 aliphatic rings. The molecule has 6 nitrogen and oxygen atoms in total. The lowest BCUT2D eigenvalue weighted by Gasteiger charge is -2.34. The molecule has 2 saturated heterocycles. The molecule has 6 heteroatoms. The van der Waals surface area contributed by atoms with Crippen molar-refractivity contribution in [3.63, 3.8) is 0 Å². The second-order valence-corrected chi connectivity index (χ2v) is 6.26. The second kappa shape index (κ2) is 7.22. The Morgan fingerprint density at radius 1 is 1.33 bits per heavy atom. The first kappa shape index (κ1) is 16.2. The van der Waals surface area contributed by atoms with E-state index in [1.165, 1.54) is 0 Å². The SMILES string of the molecule is CCC1(C(=O)NC2CCN(CC(=O)NC)CC2)CCNC1. The Hall–Kier alpha value is -1.14. The minimum absolute atomic E-state index is 0.0550. The molecule has 0 aromatic heterocycles. The van der Waals surface area contributed by atoms with Crippen LogP contribution in [0.25, 0.3) is 0 Å². The van der Waals surface area contributed by atoms with Gasteiger partial charge in [0.2, 0.25) is 11.8 Å². The van der Waals surface area contributed by atoms with E-state index in [1.807, 2.05) is 0 Å². The van der Waals surface area contributed by atoms with Crippen LogP contribution in [0.5, 0.6) is 0 Å². The van der Waals surface area contributed by atoms with Crippen molar-refractivity contribution >= 4 is 11.8 Å². The van der Waals surface area contributed by atoms with Crippen molar-refractivity contribution in [2.24, 2.45) is 5.41 Å². The Morgan fingerprint density at radius 3 is 2.57 bits per heavy atom. The highest BCUT2D eigenvalue weighted by Gasteiger charge is 2.40. The number of piperidine rings is 1. The highest BCUT2D eigenvalue weighted by Crippen LogP contribution is 2.30. The molecule has 0 bridgehead atoms. The van der Waals surface area contributed by atoms with Crippen LogP contribution in [-0.2, 0) is 9.59 Å². The lowest BCUT2D eigenvalue weighted by atomic mass is 9.83. The number of nitrogens with zero attached hydrogens (tertiary/aromatic N) is 1. The zero-order valence-corrected chi connectivity index (χ0v) is 13.2. The van der Waals surface area contributed by atoms with E-state index in [1.54, 1.807) is 7.05 Å². The molecule has 2 amide bonds. The second-order valence-electron chi connectivity index (χ2n) is 6.26. The molecule has 2 fully saturated rings. The van der Waals surface area contributed by atoms with Gasteiger partial charge in [-0.3, -0.25) is 14.5 Å². The highest BCUT2D eigenvalue weighted by molar-refractivity contribution is 5.83. The van der Waals surface area contributed by atoms with Crippen molar-refractivity contribution in [1.82, 2.24) is 20.9 Å². The van der Waals surface area contributed by atoms with E-state index >= 15 is 0 Å². The summed E-state index contributed by atoms with van der Waals surface area (Å²) in [5.41, 5.74) is -0.209. The van der Waals surface area contributed by atoms with Gasteiger partial charge >= 0.3 is 0 Å². The number of hydrogen-bond donors (Lipinski definition) is 3. The average molecular weight is 296 g/mol. The van der Waals surface area contributed by atoms with E-state index in [9.17, 15) is 9.59 Å². The lowest BCUT2D eigenvalue weighted by molar-refractivity contribution is -0.131. The number of hydrogen-bond acceptors (Lipinski definition) is 4. The van der Waals surface area contributed by atoms with E-state index in [0.29, 0.717) is 6.54 Å². The molecule has 3 N–H and O–H groups in total. The van der Waals surface area contributed by atoms with Crippen LogP contribution in [0.15, 0.2) is 0 Å². The summed E-state index contributed by atoms with van der Waals surface area (Å²) in [6.07, 6.45) is 3.68. The van der Waals surface area contributed by atoms with Gasteiger partial charge in [0, 0.05) is 32.7 Å². The van der Waals surface area contributed by atoms with Crippen molar-refractivity contribution in [2.45, 2.75) is 38.6 Å². The minimum atomic E-state index is -0.209. The van der Waals surface area contributed by atoms with E-state index in [-0.39, 0.29) is 23.3 Å². The average Bonchev–Trinajstić information content (AvgIpc) is 2.99. The summed E-state index contributed by atoms with van der Waals surface area (Å²) in [5, 5.41) is 9.19. The standard InChI is InChI=1S/C15H28N4O2/c1-3-15(6-7-17-11-15)14(21)18-12-4-8-19(9-5-12)10-13(20)16-2/h12,17H,3-11H2,1-2H3,(H,16,20)(H,18,21). The molecule has 120 valence electrons. The molecule has 0 aliphatic carbocycles. The fraction of sp³-hybridized carbons (Fsp3) is 0.867. The van der Waals surface area contributed by atoms with E-state index < -0.39 is 0 Å². The maximum absolute atomic E-state index is 12.5. The summed E-state index contributed by atoms with van der Waals surface area (Å²) in [6.45, 7) is 6.03. The third kappa shape index (κ3) is 3.95. The van der Waals surface area contributed by atoms with Gasteiger partial charge in [0.1, 0.15) is 0 Å². The highest BCUT2D eigenvalue weighted by atomic mass is 16.2. The van der Waals surface area contributed by atoms with Crippen molar-refractivity contribution < 1.29 is 9.59 Å². The number of likely N-dealkylation sites (N-methyl/N-ethyl adjacent to an activating group) is 1. The Balaban J connectivity index is 1.78. The number of carbonyl (C=O) groups excluding carboxylic acids is 2. The van der Waals surface area contributed by atoms with Gasteiger partial charge in [0.15, 0.2) is 0 Å². The molecular formula is C15H28N4O2. The van der Waals surface area contributed by atoms with Crippen LogP contribution < -0.4 is 16.0 Å². The number of amides is 2. The molecule has 2 aliphatic heterocycles. The third-order valence-electron chi connectivity index (χ3n) is 4.97. The topological polar surface area (TPSA) is 73.5 Å². The zero-order valence-electron chi connectivity index (χ0n) is 13.2. The molecule has 1 atom stereocenters. The van der Waals surface area contributed by atoms with Crippen molar-refractivity contribution in [1.29, 1.82) is 0 Å². The van der Waals surface area contributed by atoms with Gasteiger partial charge in [-0.05, 0) is 32.2 Å². The number of carbonyl (C=O) groups is 2. The van der Waals surface area contributed by atoms with Gasteiger partial charge in [-0.25, -0.2) is 0 Å². The van der Waals surface area contributed by atoms with Crippen molar-refractivity contribution in [2.75, 3.05) is 39.8 Å². The van der Waals surface area contributed by atoms with Gasteiger partial charge in [-0.15, -0.1) is 0 Å². The fourth-order valence-corrected chi connectivity index (χ4v) is 3.26. The van der Waals surface area contributed by atoms with E-state index in [2.05, 4.69) is 27.8 Å². The minimum Gasteiger partial charge on any atom is -0.358 e. The number of likely N-dealkylation sites (tertiary alicyclic amines) is 1. The molecule has 0 aromatic rings. The van der Waals surface area contributed by atoms with Crippen LogP contribution in [0.4, 0.5) is 0 Å². The summed E-state index contributed by atoms with van der Waals surface area (Å²) in [4.78, 5) is 26.1. The number of rotatable bonds is 5. The Morgan fingerprint density at radius 2 is 2.05 bits per heavy atom. The van der Waals surface area contributed by atoms with Crippen LogP contribution in [0, 0.1) is 5.41 Å². The van der Waals surface area contributed by atoms with Crippen molar-refractivity contribution in [3.05, 3.63) is 0 Å². The first-order valence-corrected chi connectivity index (χ1v) is 8.04. The molecule has 0 spiro atoms. The molecule has 2 heterocycles. The molecule has 21 heavy (non-hydrogen) atoms. The van der Waals surface area contributed by atoms with Crippen LogP contribution >= 0.6 is 0 Å². The van der Waals surface area contributed by atoms with Crippen LogP contribution in [0.1, 0.15) is 32.6 Å². The summed E-state index contributed by atoms with van der Waals surface area (Å²) < 4.78 is 0. The quantitative estimate of drug-likeness (QED) is 0.651. The zero-order chi connectivity index (χ0) is 15.3. The molecular weight excluding hydrogens is 268 g/mol. The van der Waals surface area contributed by atoms with E-state index in [0.717, 1.165) is 51.9 Å². The van der Waals surface area contributed by atoms with Crippen LogP contribution in [0.3, 0.4) is 0 Å². The smallest absolute Gasteiger partial charge is 0.233 e. The van der Waals surface area contributed by atoms with Crippen LogP contribution in [0.2, 0.25) is 0 Å².